The number of nitrogens with one attached hydrogen (secondary N) is 1. The molecule has 0 amide bonds. The first-order valence-electron chi connectivity index (χ1n) is 7.91. The lowest BCUT2D eigenvalue weighted by Crippen LogP contribution is -2.39. The molecule has 118 valence electrons. The standard InChI is InChI=1S/C17H25BrFNO/c1-3-20-15(7-12-8-16(9-12)21-4-2)10-13-5-6-14(18)11-17(13)19/h5-6,11-12,15-16,20H,3-4,7-10H2,1-2H3. The van der Waals surface area contributed by atoms with Gasteiger partial charge in [0.15, 0.2) is 0 Å². The van der Waals surface area contributed by atoms with Crippen molar-refractivity contribution in [2.24, 2.45) is 5.92 Å². The van der Waals surface area contributed by atoms with E-state index in [9.17, 15) is 4.39 Å². The molecule has 0 aliphatic heterocycles. The van der Waals surface area contributed by atoms with Gasteiger partial charge in [-0.1, -0.05) is 28.9 Å². The average molecular weight is 358 g/mol. The van der Waals surface area contributed by atoms with E-state index < -0.39 is 0 Å². The maximum Gasteiger partial charge on any atom is 0.127 e. The van der Waals surface area contributed by atoms with Crippen LogP contribution in [0.4, 0.5) is 4.39 Å². The summed E-state index contributed by atoms with van der Waals surface area (Å²) in [4.78, 5) is 0. The van der Waals surface area contributed by atoms with Crippen molar-refractivity contribution in [1.82, 2.24) is 5.32 Å². The molecule has 1 aliphatic rings. The lowest BCUT2D eigenvalue weighted by atomic mass is 9.77. The average Bonchev–Trinajstić information content (AvgIpc) is 2.39. The van der Waals surface area contributed by atoms with Gasteiger partial charge in [-0.3, -0.25) is 0 Å². The first kappa shape index (κ1) is 16.9. The number of halogens is 2. The third-order valence-electron chi connectivity index (χ3n) is 4.19. The predicted octanol–water partition coefficient (Wildman–Crippen LogP) is 4.31. The second-order valence-corrected chi connectivity index (χ2v) is 6.76. The molecule has 1 saturated carbocycles. The Morgan fingerprint density at radius 3 is 2.76 bits per heavy atom. The molecule has 1 fully saturated rings. The first-order valence-corrected chi connectivity index (χ1v) is 8.70. The van der Waals surface area contributed by atoms with Gasteiger partial charge in [0.2, 0.25) is 0 Å². The molecule has 1 aromatic rings. The van der Waals surface area contributed by atoms with Crippen molar-refractivity contribution in [3.05, 3.63) is 34.1 Å². The molecule has 1 N–H and O–H groups in total. The Hall–Kier alpha value is -0.450. The Labute approximate surface area is 135 Å². The van der Waals surface area contributed by atoms with Crippen LogP contribution in [-0.2, 0) is 11.2 Å². The quantitative estimate of drug-likeness (QED) is 0.748. The van der Waals surface area contributed by atoms with Gasteiger partial charge >= 0.3 is 0 Å². The zero-order valence-corrected chi connectivity index (χ0v) is 14.5. The van der Waals surface area contributed by atoms with Crippen LogP contribution in [0.2, 0.25) is 0 Å². The van der Waals surface area contributed by atoms with Gasteiger partial charge in [0, 0.05) is 17.1 Å². The van der Waals surface area contributed by atoms with E-state index in [1.165, 1.54) is 0 Å². The van der Waals surface area contributed by atoms with Gasteiger partial charge in [0.25, 0.3) is 0 Å². The Balaban J connectivity index is 1.87. The van der Waals surface area contributed by atoms with Gasteiger partial charge in [0.05, 0.1) is 6.10 Å². The summed E-state index contributed by atoms with van der Waals surface area (Å²) in [6, 6.07) is 5.69. The normalized spacial score (nSPS) is 22.9. The lowest BCUT2D eigenvalue weighted by Gasteiger charge is -2.37. The minimum Gasteiger partial charge on any atom is -0.378 e. The lowest BCUT2D eigenvalue weighted by molar-refractivity contribution is -0.0290. The molecular formula is C17H25BrFNO. The highest BCUT2D eigenvalue weighted by molar-refractivity contribution is 9.10. The summed E-state index contributed by atoms with van der Waals surface area (Å²) in [7, 11) is 0. The highest BCUT2D eigenvalue weighted by Gasteiger charge is 2.31. The monoisotopic (exact) mass is 357 g/mol. The molecule has 1 atom stereocenters. The number of hydrogen-bond acceptors (Lipinski definition) is 2. The molecule has 0 aromatic heterocycles. The molecule has 1 aromatic carbocycles. The van der Waals surface area contributed by atoms with Crippen LogP contribution in [0.5, 0.6) is 0 Å². The molecule has 2 nitrogen and oxygen atoms in total. The van der Waals surface area contributed by atoms with E-state index in [2.05, 4.69) is 28.2 Å². The van der Waals surface area contributed by atoms with Crippen molar-refractivity contribution in [3.63, 3.8) is 0 Å². The van der Waals surface area contributed by atoms with Gasteiger partial charge in [-0.25, -0.2) is 4.39 Å². The number of ether oxygens (including phenoxy) is 1. The van der Waals surface area contributed by atoms with Crippen molar-refractivity contribution in [1.29, 1.82) is 0 Å². The largest absolute Gasteiger partial charge is 0.378 e. The van der Waals surface area contributed by atoms with Gasteiger partial charge in [-0.05, 0) is 62.8 Å². The van der Waals surface area contributed by atoms with E-state index in [1.807, 2.05) is 19.1 Å². The number of rotatable bonds is 8. The zero-order valence-electron chi connectivity index (χ0n) is 12.9. The van der Waals surface area contributed by atoms with Crippen molar-refractivity contribution in [3.8, 4) is 0 Å². The Morgan fingerprint density at radius 2 is 2.14 bits per heavy atom. The molecule has 1 aliphatic carbocycles. The fourth-order valence-corrected chi connectivity index (χ4v) is 3.45. The van der Waals surface area contributed by atoms with Crippen LogP contribution >= 0.6 is 15.9 Å². The molecule has 0 bridgehead atoms. The summed E-state index contributed by atoms with van der Waals surface area (Å²) >= 11 is 3.31. The number of benzene rings is 1. The summed E-state index contributed by atoms with van der Waals surface area (Å²) in [5.41, 5.74) is 0.796. The molecular weight excluding hydrogens is 333 g/mol. The minimum atomic E-state index is -0.118. The maximum absolute atomic E-state index is 14.0. The van der Waals surface area contributed by atoms with Gasteiger partial charge in [-0.15, -0.1) is 0 Å². The fourth-order valence-electron chi connectivity index (χ4n) is 3.12. The van der Waals surface area contributed by atoms with Crippen LogP contribution in [0.25, 0.3) is 0 Å². The number of hydrogen-bond donors (Lipinski definition) is 1. The molecule has 0 heterocycles. The van der Waals surface area contributed by atoms with E-state index in [0.717, 1.165) is 48.9 Å². The molecule has 4 heteroatoms. The smallest absolute Gasteiger partial charge is 0.127 e. The van der Waals surface area contributed by atoms with E-state index in [-0.39, 0.29) is 5.82 Å². The Kier molecular flexibility index (Phi) is 6.65. The fraction of sp³-hybridized carbons (Fsp3) is 0.647. The summed E-state index contributed by atoms with van der Waals surface area (Å²) in [6.45, 7) is 5.88. The van der Waals surface area contributed by atoms with Crippen LogP contribution in [0.1, 0.15) is 38.7 Å². The number of likely N-dealkylation sites (N-methyl/N-ethyl adjacent to an activating group) is 1. The van der Waals surface area contributed by atoms with Crippen LogP contribution in [-0.4, -0.2) is 25.3 Å². The first-order chi connectivity index (χ1) is 10.1. The predicted molar refractivity (Wildman–Crippen MR) is 88.0 cm³/mol. The molecule has 2 rings (SSSR count). The van der Waals surface area contributed by atoms with Crippen molar-refractivity contribution in [2.45, 2.75) is 51.7 Å². The van der Waals surface area contributed by atoms with Crippen LogP contribution in [0.3, 0.4) is 0 Å². The second kappa shape index (κ2) is 8.25. The second-order valence-electron chi connectivity index (χ2n) is 5.84. The van der Waals surface area contributed by atoms with E-state index >= 15 is 0 Å². The van der Waals surface area contributed by atoms with E-state index in [4.69, 9.17) is 4.74 Å². The topological polar surface area (TPSA) is 21.3 Å². The summed E-state index contributed by atoms with van der Waals surface area (Å²) in [6.07, 6.45) is 4.61. The highest BCUT2D eigenvalue weighted by atomic mass is 79.9. The van der Waals surface area contributed by atoms with E-state index in [0.29, 0.717) is 18.1 Å². The van der Waals surface area contributed by atoms with Crippen molar-refractivity contribution < 1.29 is 9.13 Å². The molecule has 1 unspecified atom stereocenters. The third-order valence-corrected chi connectivity index (χ3v) is 4.68. The van der Waals surface area contributed by atoms with Gasteiger partial charge in [0.1, 0.15) is 5.82 Å². The van der Waals surface area contributed by atoms with Crippen LogP contribution in [0.15, 0.2) is 22.7 Å². The van der Waals surface area contributed by atoms with Crippen molar-refractivity contribution in [2.75, 3.05) is 13.2 Å². The van der Waals surface area contributed by atoms with Gasteiger partial charge < -0.3 is 10.1 Å². The Bertz CT molecular complexity index is 448. The highest BCUT2D eigenvalue weighted by Crippen LogP contribution is 2.34. The molecule has 0 saturated heterocycles. The zero-order chi connectivity index (χ0) is 15.2. The van der Waals surface area contributed by atoms with Gasteiger partial charge in [-0.2, -0.15) is 0 Å². The Morgan fingerprint density at radius 1 is 1.38 bits per heavy atom. The van der Waals surface area contributed by atoms with Crippen LogP contribution < -0.4 is 5.32 Å². The molecule has 0 spiro atoms. The summed E-state index contributed by atoms with van der Waals surface area (Å²) in [5.74, 6) is 0.595. The molecule has 21 heavy (non-hydrogen) atoms. The third kappa shape index (κ3) is 5.04. The SMILES string of the molecule is CCNC(Cc1ccc(Br)cc1F)CC1CC(OCC)C1. The summed E-state index contributed by atoms with van der Waals surface area (Å²) < 4.78 is 20.4. The van der Waals surface area contributed by atoms with Crippen LogP contribution in [0, 0.1) is 11.7 Å². The molecule has 0 radical (unpaired) electrons. The summed E-state index contributed by atoms with van der Waals surface area (Å²) in [5, 5.41) is 3.50. The minimum absolute atomic E-state index is 0.118. The maximum atomic E-state index is 14.0. The van der Waals surface area contributed by atoms with E-state index in [1.54, 1.807) is 6.07 Å². The van der Waals surface area contributed by atoms with Crippen molar-refractivity contribution >= 4 is 15.9 Å².